The number of hydrogen-bond acceptors (Lipinski definition) is 4. The summed E-state index contributed by atoms with van der Waals surface area (Å²) in [4.78, 5) is 13.5. The number of azide groups is 1. The van der Waals surface area contributed by atoms with Crippen LogP contribution < -0.4 is 0 Å². The van der Waals surface area contributed by atoms with E-state index in [0.717, 1.165) is 0 Å². The van der Waals surface area contributed by atoms with Crippen LogP contribution in [0.4, 0.5) is 5.69 Å². The number of carbonyl (C=O) groups excluding carboxylic acids is 1. The molecule has 0 aromatic heterocycles. The fourth-order valence-electron chi connectivity index (χ4n) is 0.848. The van der Waals surface area contributed by atoms with Gasteiger partial charge in [-0.2, -0.15) is 0 Å². The van der Waals surface area contributed by atoms with Crippen molar-refractivity contribution in [3.05, 3.63) is 34.2 Å². The summed E-state index contributed by atoms with van der Waals surface area (Å²) in [5, 5.41) is 12.6. The van der Waals surface area contributed by atoms with Gasteiger partial charge < -0.3 is 8.17 Å². The van der Waals surface area contributed by atoms with Gasteiger partial charge in [-0.1, -0.05) is 11.2 Å². The molecule has 1 N–H and O–H groups in total. The van der Waals surface area contributed by atoms with Crippen molar-refractivity contribution in [3.63, 3.8) is 0 Å². The molecule has 0 saturated heterocycles. The molecule has 0 saturated carbocycles. The Labute approximate surface area is 92.8 Å². The summed E-state index contributed by atoms with van der Waals surface area (Å²) >= 11 is 1.42. The Morgan fingerprint density at radius 1 is 1.64 bits per heavy atom. The average Bonchev–Trinajstić information content (AvgIpc) is 2.17. The maximum atomic E-state index is 11.0. The largest absolute Gasteiger partial charge is 0.507 e. The van der Waals surface area contributed by atoms with Crippen molar-refractivity contribution in [3.8, 4) is 5.75 Å². The van der Waals surface area contributed by atoms with Crippen molar-refractivity contribution in [2.45, 2.75) is 0 Å². The number of phenolic OH excluding ortho intramolecular Hbond substituents is 1. The molecule has 72 valence electrons. The van der Waals surface area contributed by atoms with Crippen LogP contribution in [0.1, 0.15) is 10.4 Å². The maximum absolute atomic E-state index is 11.0. The summed E-state index contributed by atoms with van der Waals surface area (Å²) in [6, 6.07) is 3.91. The van der Waals surface area contributed by atoms with Gasteiger partial charge in [0, 0.05) is 10.6 Å². The van der Waals surface area contributed by atoms with E-state index in [1.165, 1.54) is 41.2 Å². The molecule has 14 heavy (non-hydrogen) atoms. The highest BCUT2D eigenvalue weighted by Gasteiger charge is 2.11. The van der Waals surface area contributed by atoms with Gasteiger partial charge in [0.15, 0.2) is 23.0 Å². The number of benzene rings is 1. The first-order chi connectivity index (χ1) is 6.69. The van der Waals surface area contributed by atoms with E-state index in [9.17, 15) is 9.90 Å². The van der Waals surface area contributed by atoms with Crippen LogP contribution in [0.15, 0.2) is 23.3 Å². The van der Waals surface area contributed by atoms with Crippen LogP contribution in [0.5, 0.6) is 5.75 Å². The minimum Gasteiger partial charge on any atom is -0.507 e. The van der Waals surface area contributed by atoms with Gasteiger partial charge in [0.25, 0.3) is 0 Å². The number of aromatic hydroxyl groups is 1. The molecule has 0 amide bonds. The first-order valence-corrected chi connectivity index (χ1v) is 4.28. The van der Waals surface area contributed by atoms with Crippen LogP contribution >= 0.6 is 23.0 Å². The molecule has 0 atom stereocenters. The van der Waals surface area contributed by atoms with E-state index in [-0.39, 0.29) is 17.0 Å². The summed E-state index contributed by atoms with van der Waals surface area (Å²) in [6.07, 6.45) is 0. The molecule has 1 rings (SSSR count). The number of nitrogens with zero attached hydrogens (tertiary/aromatic N) is 3. The average molecular weight is 305 g/mol. The summed E-state index contributed by atoms with van der Waals surface area (Å²) in [6.45, 7) is 0. The highest BCUT2D eigenvalue weighted by Crippen LogP contribution is 2.25. The lowest BCUT2D eigenvalue weighted by molar-refractivity contribution is 0.0797. The number of rotatable bonds is 2. The molecule has 0 unspecified atom stereocenters. The fourth-order valence-corrected chi connectivity index (χ4v) is 1.09. The fraction of sp³-hybridized carbons (Fsp3) is 0. The van der Waals surface area contributed by atoms with Crippen LogP contribution in [0.3, 0.4) is 0 Å². The van der Waals surface area contributed by atoms with E-state index in [0.29, 0.717) is 0 Å². The molecule has 0 fully saturated rings. The second kappa shape index (κ2) is 4.68. The van der Waals surface area contributed by atoms with Gasteiger partial charge in [0.2, 0.25) is 0 Å². The Balaban J connectivity index is 3.13. The zero-order valence-electron chi connectivity index (χ0n) is 6.72. The Morgan fingerprint density at radius 3 is 2.86 bits per heavy atom. The summed E-state index contributed by atoms with van der Waals surface area (Å²) in [7, 11) is 0. The van der Waals surface area contributed by atoms with E-state index in [1.54, 1.807) is 0 Å². The second-order valence-corrected chi connectivity index (χ2v) is 2.70. The minimum absolute atomic E-state index is 0.0243. The van der Waals surface area contributed by atoms with Crippen LogP contribution in [-0.2, 0) is 3.07 Å². The molecular formula is C7H4IN3O3. The third-order valence-corrected chi connectivity index (χ3v) is 1.83. The molecule has 0 spiro atoms. The number of phenols is 1. The maximum Gasteiger partial charge on any atom is 0.351 e. The molecule has 0 radical (unpaired) electrons. The third-order valence-electron chi connectivity index (χ3n) is 1.43. The standard InChI is InChI=1S/C7H4IN3O3/c8-14-7(13)5-2-1-4(10-11-9)3-6(5)12/h1-3,12H. The first kappa shape index (κ1) is 10.6. The Hall–Kier alpha value is -1.47. The molecule has 0 aliphatic carbocycles. The highest BCUT2D eigenvalue weighted by atomic mass is 127. The Morgan fingerprint density at radius 2 is 2.36 bits per heavy atom. The van der Waals surface area contributed by atoms with Crippen molar-refractivity contribution in [2.75, 3.05) is 0 Å². The normalized spacial score (nSPS) is 8.93. The van der Waals surface area contributed by atoms with Gasteiger partial charge in [-0.3, -0.25) is 0 Å². The van der Waals surface area contributed by atoms with E-state index in [2.05, 4.69) is 13.1 Å². The summed E-state index contributed by atoms with van der Waals surface area (Å²) < 4.78 is 4.38. The van der Waals surface area contributed by atoms with Crippen molar-refractivity contribution >= 4 is 34.7 Å². The quantitative estimate of drug-likeness (QED) is 0.394. The van der Waals surface area contributed by atoms with Gasteiger partial charge in [0.05, 0.1) is 0 Å². The predicted molar refractivity (Wildman–Crippen MR) is 56.3 cm³/mol. The van der Waals surface area contributed by atoms with E-state index < -0.39 is 5.97 Å². The smallest absolute Gasteiger partial charge is 0.351 e. The zero-order valence-corrected chi connectivity index (χ0v) is 8.87. The van der Waals surface area contributed by atoms with Crippen molar-refractivity contribution in [2.24, 2.45) is 5.11 Å². The van der Waals surface area contributed by atoms with Crippen molar-refractivity contribution < 1.29 is 13.0 Å². The first-order valence-electron chi connectivity index (χ1n) is 3.40. The summed E-state index contributed by atoms with van der Waals surface area (Å²) in [5.41, 5.74) is 8.37. The minimum atomic E-state index is -0.657. The van der Waals surface area contributed by atoms with Gasteiger partial charge in [0.1, 0.15) is 11.3 Å². The van der Waals surface area contributed by atoms with E-state index in [4.69, 9.17) is 5.53 Å². The molecule has 7 heteroatoms. The van der Waals surface area contributed by atoms with Crippen molar-refractivity contribution in [1.82, 2.24) is 0 Å². The highest BCUT2D eigenvalue weighted by molar-refractivity contribution is 14.1. The lowest BCUT2D eigenvalue weighted by atomic mass is 10.2. The van der Waals surface area contributed by atoms with Crippen LogP contribution in [0, 0.1) is 0 Å². The molecule has 0 bridgehead atoms. The van der Waals surface area contributed by atoms with Gasteiger partial charge in [-0.05, 0) is 17.7 Å². The third kappa shape index (κ3) is 2.27. The van der Waals surface area contributed by atoms with E-state index >= 15 is 0 Å². The molecule has 6 nitrogen and oxygen atoms in total. The van der Waals surface area contributed by atoms with E-state index in [1.807, 2.05) is 0 Å². The zero-order chi connectivity index (χ0) is 10.6. The topological polar surface area (TPSA) is 95.3 Å². The SMILES string of the molecule is [N-]=[N+]=Nc1ccc(C(=O)OI)c(O)c1. The molecule has 0 aliphatic rings. The van der Waals surface area contributed by atoms with Gasteiger partial charge in [-0.25, -0.2) is 4.79 Å². The van der Waals surface area contributed by atoms with Gasteiger partial charge in [-0.15, -0.1) is 0 Å². The lowest BCUT2D eigenvalue weighted by Crippen LogP contribution is -1.97. The predicted octanol–water partition coefficient (Wildman–Crippen LogP) is 2.84. The van der Waals surface area contributed by atoms with Crippen LogP contribution in [0.2, 0.25) is 0 Å². The molecule has 0 aliphatic heterocycles. The molecule has 0 heterocycles. The lowest BCUT2D eigenvalue weighted by Gasteiger charge is -2.00. The molecule has 1 aromatic rings. The monoisotopic (exact) mass is 305 g/mol. The number of halogens is 1. The van der Waals surface area contributed by atoms with Crippen LogP contribution in [0.25, 0.3) is 10.4 Å². The Kier molecular flexibility index (Phi) is 3.55. The number of carbonyl (C=O) groups is 1. The van der Waals surface area contributed by atoms with Crippen molar-refractivity contribution in [1.29, 1.82) is 0 Å². The molecule has 1 aromatic carbocycles. The Bertz CT molecular complexity index is 415. The molecular weight excluding hydrogens is 301 g/mol. The second-order valence-electron chi connectivity index (χ2n) is 2.26. The van der Waals surface area contributed by atoms with Gasteiger partial charge >= 0.3 is 5.97 Å². The van der Waals surface area contributed by atoms with Crippen LogP contribution in [-0.4, -0.2) is 11.1 Å². The number of hydrogen-bond donors (Lipinski definition) is 1. The summed E-state index contributed by atoms with van der Waals surface area (Å²) in [5.74, 6) is -0.938.